The molecule has 2 aliphatic heterocycles. The van der Waals surface area contributed by atoms with E-state index in [2.05, 4.69) is 15.3 Å². The summed E-state index contributed by atoms with van der Waals surface area (Å²) in [4.78, 5) is 49.9. The van der Waals surface area contributed by atoms with E-state index < -0.39 is 41.3 Å². The van der Waals surface area contributed by atoms with Crippen LogP contribution in [0.5, 0.6) is 0 Å². The molecule has 10 nitrogen and oxygen atoms in total. The first kappa shape index (κ1) is 22.9. The Hall–Kier alpha value is -2.75. The maximum atomic E-state index is 13.4. The van der Waals surface area contributed by atoms with Crippen molar-refractivity contribution in [2.75, 3.05) is 6.54 Å². The molecule has 31 heavy (non-hydrogen) atoms. The number of ether oxygens (including phenoxy) is 1. The molecule has 1 aromatic rings. The van der Waals surface area contributed by atoms with Gasteiger partial charge in [-0.25, -0.2) is 14.8 Å². The van der Waals surface area contributed by atoms with Crippen molar-refractivity contribution in [3.8, 4) is 0 Å². The van der Waals surface area contributed by atoms with Crippen LogP contribution in [-0.2, 0) is 20.9 Å². The maximum absolute atomic E-state index is 13.4. The summed E-state index contributed by atoms with van der Waals surface area (Å²) in [6, 6.07) is 0.133. The molecular weight excluding hydrogens is 402 g/mol. The lowest BCUT2D eigenvalue weighted by molar-refractivity contribution is -0.183. The predicted molar refractivity (Wildman–Crippen MR) is 111 cm³/mol. The van der Waals surface area contributed by atoms with E-state index in [1.807, 2.05) is 0 Å². The van der Waals surface area contributed by atoms with Crippen LogP contribution >= 0.6 is 0 Å². The second kappa shape index (κ2) is 8.41. The highest BCUT2D eigenvalue weighted by Gasteiger charge is 2.67. The Balaban J connectivity index is 1.75. The van der Waals surface area contributed by atoms with Crippen molar-refractivity contribution >= 4 is 17.9 Å². The smallest absolute Gasteiger partial charge is 0.411 e. The van der Waals surface area contributed by atoms with Gasteiger partial charge in [0.05, 0.1) is 18.7 Å². The fraction of sp³-hybridized carbons (Fsp3) is 0.667. The van der Waals surface area contributed by atoms with Crippen molar-refractivity contribution in [3.63, 3.8) is 0 Å². The molecule has 3 rings (SSSR count). The van der Waals surface area contributed by atoms with Gasteiger partial charge in [0.1, 0.15) is 23.0 Å². The molecule has 2 N–H and O–H groups in total. The highest BCUT2D eigenvalue weighted by atomic mass is 16.6. The van der Waals surface area contributed by atoms with Crippen molar-refractivity contribution in [2.24, 2.45) is 0 Å². The van der Waals surface area contributed by atoms with Gasteiger partial charge in [-0.05, 0) is 53.5 Å². The molecule has 0 aromatic carbocycles. The molecule has 170 valence electrons. The second-order valence-corrected chi connectivity index (χ2v) is 9.12. The van der Waals surface area contributed by atoms with Gasteiger partial charge in [0.25, 0.3) is 5.91 Å². The first-order valence-corrected chi connectivity index (χ1v) is 10.5. The Morgan fingerprint density at radius 3 is 2.55 bits per heavy atom. The van der Waals surface area contributed by atoms with E-state index in [-0.39, 0.29) is 12.5 Å². The highest BCUT2D eigenvalue weighted by Crippen LogP contribution is 2.46. The third-order valence-electron chi connectivity index (χ3n) is 5.81. The third-order valence-corrected chi connectivity index (χ3v) is 5.81. The molecule has 0 bridgehead atoms. The molecule has 3 heterocycles. The van der Waals surface area contributed by atoms with Gasteiger partial charge in [0.15, 0.2) is 0 Å². The number of likely N-dealkylation sites (tertiary alicyclic amines) is 2. The number of nitrogens with zero attached hydrogens (tertiary/aromatic N) is 4. The summed E-state index contributed by atoms with van der Waals surface area (Å²) in [5, 5.41) is 13.0. The Morgan fingerprint density at radius 1 is 1.35 bits per heavy atom. The molecule has 2 aliphatic rings. The first-order valence-electron chi connectivity index (χ1n) is 10.5. The summed E-state index contributed by atoms with van der Waals surface area (Å²) in [7, 11) is 0. The number of aliphatic hydroxyl groups is 1. The van der Waals surface area contributed by atoms with Crippen molar-refractivity contribution in [1.29, 1.82) is 0 Å². The van der Waals surface area contributed by atoms with Crippen LogP contribution in [0.1, 0.15) is 53.3 Å². The van der Waals surface area contributed by atoms with Crippen molar-refractivity contribution in [2.45, 2.75) is 83.3 Å². The number of amides is 3. The summed E-state index contributed by atoms with van der Waals surface area (Å²) < 4.78 is 5.50. The lowest BCUT2D eigenvalue weighted by Gasteiger charge is -2.58. The number of hydrogen-bond donors (Lipinski definition) is 2. The molecule has 2 unspecified atom stereocenters. The van der Waals surface area contributed by atoms with E-state index in [1.54, 1.807) is 46.2 Å². The molecule has 3 amide bonds. The summed E-state index contributed by atoms with van der Waals surface area (Å²) in [6.45, 7) is 9.08. The Morgan fingerprint density at radius 2 is 2.00 bits per heavy atom. The van der Waals surface area contributed by atoms with E-state index in [0.29, 0.717) is 25.2 Å². The van der Waals surface area contributed by atoms with E-state index >= 15 is 0 Å². The second-order valence-electron chi connectivity index (χ2n) is 9.12. The Bertz CT molecular complexity index is 840. The maximum Gasteiger partial charge on any atom is 0.411 e. The molecule has 2 fully saturated rings. The van der Waals surface area contributed by atoms with Crippen LogP contribution in [-0.4, -0.2) is 78.7 Å². The van der Waals surface area contributed by atoms with Gasteiger partial charge < -0.3 is 20.1 Å². The average Bonchev–Trinajstić information content (AvgIpc) is 3.17. The molecule has 4 atom stereocenters. The molecule has 0 aliphatic carbocycles. The van der Waals surface area contributed by atoms with Gasteiger partial charge in [0.2, 0.25) is 5.91 Å². The molecule has 1 spiro atoms. The number of carbonyl (C=O) groups is 3. The zero-order valence-corrected chi connectivity index (χ0v) is 18.7. The van der Waals surface area contributed by atoms with Gasteiger partial charge in [0, 0.05) is 18.9 Å². The number of hydrogen-bond acceptors (Lipinski definition) is 7. The first-order chi connectivity index (χ1) is 14.5. The normalized spacial score (nSPS) is 25.2. The predicted octanol–water partition coefficient (Wildman–Crippen LogP) is 0.843. The third kappa shape index (κ3) is 4.21. The molecule has 2 saturated heterocycles. The topological polar surface area (TPSA) is 125 Å². The van der Waals surface area contributed by atoms with Crippen molar-refractivity contribution in [1.82, 2.24) is 25.1 Å². The molecule has 1 aromatic heterocycles. The van der Waals surface area contributed by atoms with Crippen LogP contribution in [0.2, 0.25) is 0 Å². The Labute approximate surface area is 182 Å². The van der Waals surface area contributed by atoms with E-state index in [1.165, 1.54) is 16.7 Å². The number of aromatic nitrogens is 2. The van der Waals surface area contributed by atoms with Gasteiger partial charge in [-0.3, -0.25) is 14.5 Å². The zero-order valence-electron chi connectivity index (χ0n) is 18.7. The van der Waals surface area contributed by atoms with Gasteiger partial charge in [-0.15, -0.1) is 0 Å². The summed E-state index contributed by atoms with van der Waals surface area (Å²) in [6.07, 6.45) is 2.66. The summed E-state index contributed by atoms with van der Waals surface area (Å²) in [5.74, 6) is -0.425. The van der Waals surface area contributed by atoms with E-state index in [9.17, 15) is 19.5 Å². The van der Waals surface area contributed by atoms with Crippen LogP contribution in [0.25, 0.3) is 0 Å². The fourth-order valence-electron chi connectivity index (χ4n) is 4.45. The van der Waals surface area contributed by atoms with Crippen LogP contribution in [0.4, 0.5) is 4.79 Å². The quantitative estimate of drug-likeness (QED) is 0.659. The van der Waals surface area contributed by atoms with Crippen molar-refractivity contribution < 1.29 is 24.2 Å². The lowest BCUT2D eigenvalue weighted by atomic mass is 9.75. The largest absolute Gasteiger partial charge is 0.444 e. The molecule has 0 radical (unpaired) electrons. The van der Waals surface area contributed by atoms with E-state index in [0.717, 1.165) is 0 Å². The summed E-state index contributed by atoms with van der Waals surface area (Å²) in [5.41, 5.74) is -1.73. The average molecular weight is 434 g/mol. The minimum atomic E-state index is -1.10. The molecular formula is C21H31N5O5. The van der Waals surface area contributed by atoms with Crippen LogP contribution in [0.3, 0.4) is 0 Å². The van der Waals surface area contributed by atoms with E-state index in [4.69, 9.17) is 4.74 Å². The number of β-lactam (4-membered cyclic amide) rings is 1. The van der Waals surface area contributed by atoms with Gasteiger partial charge in [-0.1, -0.05) is 0 Å². The van der Waals surface area contributed by atoms with Gasteiger partial charge in [-0.2, -0.15) is 0 Å². The standard InChI is InChI=1S/C21H31N5O5/c1-13(27)16(17(28)24-12-15-22-9-7-10-23-15)26-14(2)21(18(26)29)8-6-11-25(21)19(30)31-20(3,4)5/h7,9-10,13-14,16,27H,6,8,11-12H2,1-5H3,(H,24,28)/t13-,14?,16+,21?/m1/s1. The molecule has 10 heteroatoms. The van der Waals surface area contributed by atoms with Gasteiger partial charge >= 0.3 is 6.09 Å². The summed E-state index contributed by atoms with van der Waals surface area (Å²) >= 11 is 0. The SMILES string of the molecule is CC1N([C@H](C(=O)NCc2ncccn2)[C@@H](C)O)C(=O)C12CCCN2C(=O)OC(C)(C)C. The number of aliphatic hydroxyl groups excluding tert-OH is 1. The lowest BCUT2D eigenvalue weighted by Crippen LogP contribution is -2.81. The Kier molecular flexibility index (Phi) is 6.22. The zero-order chi connectivity index (χ0) is 23.0. The monoisotopic (exact) mass is 433 g/mol. The highest BCUT2D eigenvalue weighted by molar-refractivity contribution is 6.01. The molecule has 0 saturated carbocycles. The fourth-order valence-corrected chi connectivity index (χ4v) is 4.45. The van der Waals surface area contributed by atoms with Crippen LogP contribution < -0.4 is 5.32 Å². The van der Waals surface area contributed by atoms with Crippen LogP contribution in [0, 0.1) is 0 Å². The number of rotatable bonds is 5. The van der Waals surface area contributed by atoms with Crippen molar-refractivity contribution in [3.05, 3.63) is 24.3 Å². The van der Waals surface area contributed by atoms with Crippen LogP contribution in [0.15, 0.2) is 18.5 Å². The number of carbonyl (C=O) groups excluding carboxylic acids is 3. The minimum absolute atomic E-state index is 0.0779. The minimum Gasteiger partial charge on any atom is -0.444 e. The number of nitrogens with one attached hydrogen (secondary N) is 1.